The highest BCUT2D eigenvalue weighted by Gasteiger charge is 2.22. The first-order valence-electron chi connectivity index (χ1n) is 10.2. The number of esters is 1. The SMILES string of the molecule is CCOC(=O)c1cnn(-c2nc(OC)c3c(cnn3C3CCCCCCC3)n2)c1. The van der Waals surface area contributed by atoms with Gasteiger partial charge in [0.25, 0.3) is 5.95 Å². The molecule has 4 rings (SSSR count). The fraction of sp³-hybridized carbons (Fsp3) is 0.550. The van der Waals surface area contributed by atoms with Crippen molar-refractivity contribution in [3.8, 4) is 11.8 Å². The van der Waals surface area contributed by atoms with Crippen LogP contribution in [0.5, 0.6) is 5.88 Å². The third-order valence-corrected chi connectivity index (χ3v) is 5.31. The summed E-state index contributed by atoms with van der Waals surface area (Å²) in [5.41, 5.74) is 1.85. The number of rotatable bonds is 5. The van der Waals surface area contributed by atoms with Gasteiger partial charge in [-0.25, -0.2) is 14.5 Å². The lowest BCUT2D eigenvalue weighted by Crippen LogP contribution is -2.13. The average Bonchev–Trinajstić information content (AvgIpc) is 3.35. The lowest BCUT2D eigenvalue weighted by atomic mass is 9.97. The molecule has 3 aromatic rings. The summed E-state index contributed by atoms with van der Waals surface area (Å²) in [6.45, 7) is 2.07. The molecule has 9 heteroatoms. The number of hydrogen-bond acceptors (Lipinski definition) is 7. The summed E-state index contributed by atoms with van der Waals surface area (Å²) in [5, 5.41) is 8.82. The molecule has 0 bridgehead atoms. The lowest BCUT2D eigenvalue weighted by Gasteiger charge is -2.21. The Morgan fingerprint density at radius 2 is 1.86 bits per heavy atom. The molecule has 9 nitrogen and oxygen atoms in total. The van der Waals surface area contributed by atoms with Crippen molar-refractivity contribution in [3.63, 3.8) is 0 Å². The zero-order valence-electron chi connectivity index (χ0n) is 16.9. The largest absolute Gasteiger partial charge is 0.479 e. The standard InChI is InChI=1S/C20H26N6O3/c1-3-29-19(27)14-11-21-25(13-14)20-23-16-12-22-26(17(16)18(24-20)28-2)15-9-7-5-4-6-8-10-15/h11-13,15H,3-10H2,1-2H3. The lowest BCUT2D eigenvalue weighted by molar-refractivity contribution is 0.0526. The van der Waals surface area contributed by atoms with Crippen LogP contribution in [-0.2, 0) is 4.74 Å². The zero-order valence-corrected chi connectivity index (χ0v) is 16.9. The molecule has 1 aliphatic carbocycles. The maximum absolute atomic E-state index is 11.9. The van der Waals surface area contributed by atoms with Gasteiger partial charge >= 0.3 is 5.97 Å². The molecule has 0 spiro atoms. The Labute approximate surface area is 169 Å². The number of nitrogens with zero attached hydrogens (tertiary/aromatic N) is 6. The molecule has 0 aliphatic heterocycles. The topological polar surface area (TPSA) is 97.0 Å². The summed E-state index contributed by atoms with van der Waals surface area (Å²) >= 11 is 0. The number of fused-ring (bicyclic) bond motifs is 1. The minimum atomic E-state index is -0.427. The van der Waals surface area contributed by atoms with Gasteiger partial charge in [-0.05, 0) is 19.8 Å². The van der Waals surface area contributed by atoms with Crippen LogP contribution in [0, 0.1) is 0 Å². The van der Waals surface area contributed by atoms with E-state index in [2.05, 4.69) is 20.2 Å². The van der Waals surface area contributed by atoms with Gasteiger partial charge in [-0.1, -0.05) is 32.1 Å². The van der Waals surface area contributed by atoms with Crippen LogP contribution in [0.1, 0.15) is 68.3 Å². The van der Waals surface area contributed by atoms with Gasteiger partial charge in [-0.3, -0.25) is 4.68 Å². The van der Waals surface area contributed by atoms with Crippen molar-refractivity contribution in [2.75, 3.05) is 13.7 Å². The van der Waals surface area contributed by atoms with Crippen LogP contribution in [0.4, 0.5) is 0 Å². The van der Waals surface area contributed by atoms with Crippen molar-refractivity contribution >= 4 is 17.0 Å². The highest BCUT2D eigenvalue weighted by Crippen LogP contribution is 2.32. The average molecular weight is 398 g/mol. The van der Waals surface area contributed by atoms with E-state index >= 15 is 0 Å². The van der Waals surface area contributed by atoms with E-state index in [9.17, 15) is 4.79 Å². The molecule has 3 heterocycles. The second-order valence-corrected chi connectivity index (χ2v) is 7.25. The van der Waals surface area contributed by atoms with Crippen LogP contribution in [0.3, 0.4) is 0 Å². The molecule has 0 N–H and O–H groups in total. The quantitative estimate of drug-likeness (QED) is 0.607. The number of methoxy groups -OCH3 is 1. The monoisotopic (exact) mass is 398 g/mol. The van der Waals surface area contributed by atoms with E-state index in [0.29, 0.717) is 35.6 Å². The first kappa shape index (κ1) is 19.4. The molecule has 0 aromatic carbocycles. The Kier molecular flexibility index (Phi) is 5.73. The highest BCUT2D eigenvalue weighted by atomic mass is 16.5. The maximum Gasteiger partial charge on any atom is 0.341 e. The van der Waals surface area contributed by atoms with Gasteiger partial charge in [0.2, 0.25) is 5.88 Å². The molecular formula is C20H26N6O3. The number of ether oxygens (including phenoxy) is 2. The second-order valence-electron chi connectivity index (χ2n) is 7.25. The minimum Gasteiger partial charge on any atom is -0.479 e. The summed E-state index contributed by atoms with van der Waals surface area (Å²) in [6, 6.07) is 0.330. The van der Waals surface area contributed by atoms with E-state index in [1.165, 1.54) is 43.0 Å². The smallest absolute Gasteiger partial charge is 0.341 e. The number of hydrogen-bond donors (Lipinski definition) is 0. The van der Waals surface area contributed by atoms with Gasteiger partial charge in [0.15, 0.2) is 0 Å². The van der Waals surface area contributed by atoms with Crippen molar-refractivity contribution in [2.45, 2.75) is 57.9 Å². The first-order valence-corrected chi connectivity index (χ1v) is 10.2. The van der Waals surface area contributed by atoms with Crippen molar-refractivity contribution < 1.29 is 14.3 Å². The molecule has 0 saturated heterocycles. The fourth-order valence-electron chi connectivity index (χ4n) is 3.87. The molecule has 0 unspecified atom stereocenters. The fourth-order valence-corrected chi connectivity index (χ4v) is 3.87. The zero-order chi connectivity index (χ0) is 20.2. The number of aromatic nitrogens is 6. The van der Waals surface area contributed by atoms with Gasteiger partial charge in [-0.15, -0.1) is 0 Å². The predicted molar refractivity (Wildman–Crippen MR) is 106 cm³/mol. The Hall–Kier alpha value is -2.97. The highest BCUT2D eigenvalue weighted by molar-refractivity contribution is 5.88. The van der Waals surface area contributed by atoms with E-state index in [0.717, 1.165) is 18.4 Å². The van der Waals surface area contributed by atoms with E-state index in [-0.39, 0.29) is 0 Å². The van der Waals surface area contributed by atoms with Crippen LogP contribution in [0.25, 0.3) is 17.0 Å². The normalized spacial score (nSPS) is 15.8. The van der Waals surface area contributed by atoms with Crippen LogP contribution in [0.2, 0.25) is 0 Å². The maximum atomic E-state index is 11.9. The number of carbonyl (C=O) groups excluding carboxylic acids is 1. The summed E-state index contributed by atoms with van der Waals surface area (Å²) in [5.74, 6) is 0.351. The van der Waals surface area contributed by atoms with Crippen LogP contribution >= 0.6 is 0 Å². The van der Waals surface area contributed by atoms with Crippen molar-refractivity contribution in [3.05, 3.63) is 24.2 Å². The molecule has 0 atom stereocenters. The third-order valence-electron chi connectivity index (χ3n) is 5.31. The van der Waals surface area contributed by atoms with E-state index in [1.807, 2.05) is 4.68 Å². The van der Waals surface area contributed by atoms with Crippen molar-refractivity contribution in [2.24, 2.45) is 0 Å². The molecule has 1 saturated carbocycles. The third kappa shape index (κ3) is 3.94. The van der Waals surface area contributed by atoms with E-state index in [4.69, 9.17) is 9.47 Å². The first-order chi connectivity index (χ1) is 14.2. The van der Waals surface area contributed by atoms with Gasteiger partial charge in [-0.2, -0.15) is 15.2 Å². The molecule has 1 fully saturated rings. The molecule has 3 aromatic heterocycles. The van der Waals surface area contributed by atoms with Gasteiger partial charge in [0.05, 0.1) is 37.7 Å². The Morgan fingerprint density at radius 1 is 1.10 bits per heavy atom. The Bertz CT molecular complexity index is 987. The van der Waals surface area contributed by atoms with Crippen LogP contribution < -0.4 is 4.74 Å². The summed E-state index contributed by atoms with van der Waals surface area (Å²) in [6.07, 6.45) is 13.2. The van der Waals surface area contributed by atoms with Crippen LogP contribution in [0.15, 0.2) is 18.6 Å². The molecular weight excluding hydrogens is 372 g/mol. The molecule has 29 heavy (non-hydrogen) atoms. The van der Waals surface area contributed by atoms with Crippen molar-refractivity contribution in [1.82, 2.24) is 29.5 Å². The minimum absolute atomic E-state index is 0.306. The van der Waals surface area contributed by atoms with Gasteiger partial charge < -0.3 is 9.47 Å². The van der Waals surface area contributed by atoms with E-state index in [1.54, 1.807) is 26.4 Å². The summed E-state index contributed by atoms with van der Waals surface area (Å²) < 4.78 is 14.1. The molecule has 0 radical (unpaired) electrons. The summed E-state index contributed by atoms with van der Waals surface area (Å²) in [4.78, 5) is 21.0. The number of carbonyl (C=O) groups is 1. The van der Waals surface area contributed by atoms with Gasteiger partial charge in [0.1, 0.15) is 11.0 Å². The molecule has 0 amide bonds. The molecule has 154 valence electrons. The predicted octanol–water partition coefficient (Wildman–Crippen LogP) is 3.48. The second kappa shape index (κ2) is 8.59. The Balaban J connectivity index is 1.69. The Morgan fingerprint density at radius 3 is 2.59 bits per heavy atom. The summed E-state index contributed by atoms with van der Waals surface area (Å²) in [7, 11) is 1.59. The van der Waals surface area contributed by atoms with E-state index < -0.39 is 5.97 Å². The van der Waals surface area contributed by atoms with Gasteiger partial charge in [0, 0.05) is 6.20 Å². The van der Waals surface area contributed by atoms with Crippen molar-refractivity contribution in [1.29, 1.82) is 0 Å². The van der Waals surface area contributed by atoms with Crippen LogP contribution in [-0.4, -0.2) is 49.2 Å². The molecule has 1 aliphatic rings.